The molecule has 2 aromatic carbocycles. The smallest absolute Gasteiger partial charge is 0.336 e. The van der Waals surface area contributed by atoms with Crippen LogP contribution in [0.3, 0.4) is 0 Å². The minimum Gasteiger partial charge on any atom is -0.423 e. The Bertz CT molecular complexity index is 964. The van der Waals surface area contributed by atoms with E-state index in [0.717, 1.165) is 5.56 Å². The van der Waals surface area contributed by atoms with Gasteiger partial charge in [-0.25, -0.2) is 4.79 Å². The number of nitrogens with one attached hydrogen (secondary N) is 2. The van der Waals surface area contributed by atoms with Gasteiger partial charge in [0.2, 0.25) is 0 Å². The van der Waals surface area contributed by atoms with Crippen molar-refractivity contribution in [2.45, 2.75) is 6.42 Å². The summed E-state index contributed by atoms with van der Waals surface area (Å²) >= 11 is 0. The lowest BCUT2D eigenvalue weighted by Gasteiger charge is -2.07. The van der Waals surface area contributed by atoms with E-state index >= 15 is 0 Å². The predicted octanol–water partition coefficient (Wildman–Crippen LogP) is 2.09. The molecule has 0 spiro atoms. The van der Waals surface area contributed by atoms with Crippen molar-refractivity contribution in [2.24, 2.45) is 0 Å². The minimum absolute atomic E-state index is 0.374. The van der Waals surface area contributed by atoms with E-state index in [1.54, 1.807) is 24.3 Å². The van der Waals surface area contributed by atoms with Crippen LogP contribution in [0, 0.1) is 0 Å². The van der Waals surface area contributed by atoms with Gasteiger partial charge in [-0.3, -0.25) is 9.59 Å². The molecule has 0 unspecified atom stereocenters. The molecule has 0 aliphatic carbocycles. The van der Waals surface area contributed by atoms with Crippen LogP contribution in [0.5, 0.6) is 0 Å². The Labute approximate surface area is 143 Å². The van der Waals surface area contributed by atoms with Crippen molar-refractivity contribution in [1.29, 1.82) is 0 Å². The first kappa shape index (κ1) is 16.4. The monoisotopic (exact) mass is 336 g/mol. The molecular weight excluding hydrogens is 320 g/mol. The minimum atomic E-state index is -0.746. The normalized spacial score (nSPS) is 10.4. The number of hydrogen-bond donors (Lipinski definition) is 2. The molecule has 1 heterocycles. The molecule has 0 aliphatic rings. The molecule has 0 bridgehead atoms. The number of carbonyl (C=O) groups is 2. The van der Waals surface area contributed by atoms with Crippen LogP contribution >= 0.6 is 0 Å². The van der Waals surface area contributed by atoms with Crippen LogP contribution in [0.25, 0.3) is 11.0 Å². The average Bonchev–Trinajstić information content (AvgIpc) is 2.62. The molecule has 2 N–H and O–H groups in total. The van der Waals surface area contributed by atoms with Gasteiger partial charge >= 0.3 is 17.4 Å². The van der Waals surface area contributed by atoms with E-state index in [9.17, 15) is 14.4 Å². The van der Waals surface area contributed by atoms with Gasteiger partial charge in [0.05, 0.1) is 0 Å². The molecule has 0 fully saturated rings. The summed E-state index contributed by atoms with van der Waals surface area (Å²) in [6, 6.07) is 17.3. The summed E-state index contributed by atoms with van der Waals surface area (Å²) in [4.78, 5) is 35.0. The molecule has 2 amide bonds. The Balaban J connectivity index is 1.56. The standard InChI is InChI=1S/C19H16N2O4/c22-17-9-6-14-12-15(7-8-16(14)25-17)21-19(24)18(23)20-11-10-13-4-2-1-3-5-13/h1-9,12H,10-11H2,(H,20,23)(H,21,24). The van der Waals surface area contributed by atoms with E-state index in [0.29, 0.717) is 29.6 Å². The zero-order valence-corrected chi connectivity index (χ0v) is 13.3. The van der Waals surface area contributed by atoms with Crippen molar-refractivity contribution in [2.75, 3.05) is 11.9 Å². The summed E-state index contributed by atoms with van der Waals surface area (Å²) in [5.41, 5.74) is 1.50. The van der Waals surface area contributed by atoms with Crippen molar-refractivity contribution in [3.63, 3.8) is 0 Å². The Morgan fingerprint density at radius 2 is 1.72 bits per heavy atom. The second-order valence-corrected chi connectivity index (χ2v) is 5.45. The van der Waals surface area contributed by atoms with Gasteiger partial charge in [0.25, 0.3) is 0 Å². The van der Waals surface area contributed by atoms with Gasteiger partial charge < -0.3 is 15.1 Å². The van der Waals surface area contributed by atoms with E-state index in [-0.39, 0.29) is 0 Å². The number of amides is 2. The largest absolute Gasteiger partial charge is 0.423 e. The number of anilines is 1. The molecule has 6 nitrogen and oxygen atoms in total. The van der Waals surface area contributed by atoms with Gasteiger partial charge in [-0.05, 0) is 36.2 Å². The summed E-state index contributed by atoms with van der Waals surface area (Å²) in [6.45, 7) is 0.374. The highest BCUT2D eigenvalue weighted by Gasteiger charge is 2.13. The van der Waals surface area contributed by atoms with E-state index in [2.05, 4.69) is 10.6 Å². The molecule has 3 rings (SSSR count). The summed E-state index contributed by atoms with van der Waals surface area (Å²) in [5.74, 6) is -1.44. The third-order valence-corrected chi connectivity index (χ3v) is 3.63. The zero-order valence-electron chi connectivity index (χ0n) is 13.3. The number of benzene rings is 2. The third-order valence-electron chi connectivity index (χ3n) is 3.63. The number of hydrogen-bond acceptors (Lipinski definition) is 4. The summed E-state index contributed by atoms with van der Waals surface area (Å²) in [7, 11) is 0. The Morgan fingerprint density at radius 1 is 0.920 bits per heavy atom. The zero-order chi connectivity index (χ0) is 17.6. The van der Waals surface area contributed by atoms with Crippen LogP contribution in [0.15, 0.2) is 69.9 Å². The van der Waals surface area contributed by atoms with Gasteiger partial charge in [0, 0.05) is 23.7 Å². The summed E-state index contributed by atoms with van der Waals surface area (Å²) < 4.78 is 5.02. The maximum absolute atomic E-state index is 11.9. The van der Waals surface area contributed by atoms with Crippen LogP contribution in [-0.2, 0) is 16.0 Å². The average molecular weight is 336 g/mol. The molecule has 0 atom stereocenters. The van der Waals surface area contributed by atoms with Crippen LogP contribution < -0.4 is 16.3 Å². The lowest BCUT2D eigenvalue weighted by molar-refractivity contribution is -0.136. The quantitative estimate of drug-likeness (QED) is 0.564. The second kappa shape index (κ2) is 7.44. The molecule has 0 saturated heterocycles. The van der Waals surface area contributed by atoms with E-state index < -0.39 is 17.4 Å². The topological polar surface area (TPSA) is 88.4 Å². The molecule has 6 heteroatoms. The Morgan fingerprint density at radius 3 is 2.52 bits per heavy atom. The molecule has 126 valence electrons. The second-order valence-electron chi connectivity index (χ2n) is 5.45. The number of carbonyl (C=O) groups excluding carboxylic acids is 2. The van der Waals surface area contributed by atoms with Crippen LogP contribution in [0.4, 0.5) is 5.69 Å². The first-order valence-electron chi connectivity index (χ1n) is 7.79. The van der Waals surface area contributed by atoms with Crippen LogP contribution in [0.1, 0.15) is 5.56 Å². The van der Waals surface area contributed by atoms with Crippen molar-refractivity contribution in [3.8, 4) is 0 Å². The van der Waals surface area contributed by atoms with E-state index in [1.165, 1.54) is 6.07 Å². The first-order chi connectivity index (χ1) is 12.1. The molecule has 0 aliphatic heterocycles. The predicted molar refractivity (Wildman–Crippen MR) is 94.3 cm³/mol. The third kappa shape index (κ3) is 4.32. The molecule has 3 aromatic rings. The van der Waals surface area contributed by atoms with Crippen molar-refractivity contribution < 1.29 is 14.0 Å². The maximum atomic E-state index is 11.9. The highest BCUT2D eigenvalue weighted by atomic mass is 16.4. The fraction of sp³-hybridized carbons (Fsp3) is 0.105. The lowest BCUT2D eigenvalue weighted by Crippen LogP contribution is -2.36. The van der Waals surface area contributed by atoms with Gasteiger partial charge in [0.1, 0.15) is 5.58 Å². The van der Waals surface area contributed by atoms with Crippen molar-refractivity contribution in [3.05, 3.63) is 76.6 Å². The van der Waals surface area contributed by atoms with Crippen LogP contribution in [0.2, 0.25) is 0 Å². The molecule has 1 aromatic heterocycles. The highest BCUT2D eigenvalue weighted by molar-refractivity contribution is 6.39. The number of rotatable bonds is 4. The lowest BCUT2D eigenvalue weighted by atomic mass is 10.1. The summed E-state index contributed by atoms with van der Waals surface area (Å²) in [5, 5.41) is 5.77. The SMILES string of the molecule is O=C(NCCc1ccccc1)C(=O)Nc1ccc2oc(=O)ccc2c1. The fourth-order valence-electron chi connectivity index (χ4n) is 2.38. The van der Waals surface area contributed by atoms with E-state index in [4.69, 9.17) is 4.42 Å². The number of fused-ring (bicyclic) bond motifs is 1. The van der Waals surface area contributed by atoms with Crippen molar-refractivity contribution in [1.82, 2.24) is 5.32 Å². The van der Waals surface area contributed by atoms with Crippen LogP contribution in [-0.4, -0.2) is 18.4 Å². The maximum Gasteiger partial charge on any atom is 0.336 e. The first-order valence-corrected chi connectivity index (χ1v) is 7.79. The van der Waals surface area contributed by atoms with E-state index in [1.807, 2.05) is 30.3 Å². The molecular formula is C19H16N2O4. The van der Waals surface area contributed by atoms with Crippen molar-refractivity contribution >= 4 is 28.5 Å². The van der Waals surface area contributed by atoms with Gasteiger partial charge in [-0.15, -0.1) is 0 Å². The highest BCUT2D eigenvalue weighted by Crippen LogP contribution is 2.17. The summed E-state index contributed by atoms with van der Waals surface area (Å²) in [6.07, 6.45) is 0.648. The van der Waals surface area contributed by atoms with Gasteiger partial charge in [0.15, 0.2) is 0 Å². The Hall–Kier alpha value is -3.41. The fourth-order valence-corrected chi connectivity index (χ4v) is 2.38. The van der Waals surface area contributed by atoms with Gasteiger partial charge in [-0.2, -0.15) is 0 Å². The van der Waals surface area contributed by atoms with Gasteiger partial charge in [-0.1, -0.05) is 30.3 Å². The molecule has 25 heavy (non-hydrogen) atoms. The Kier molecular flexibility index (Phi) is 4.89. The molecule has 0 saturated carbocycles. The molecule has 0 radical (unpaired) electrons.